The average Bonchev–Trinajstić information content (AvgIpc) is 2.69. The van der Waals surface area contributed by atoms with Crippen molar-refractivity contribution < 1.29 is 23.4 Å². The van der Waals surface area contributed by atoms with Crippen LogP contribution in [0.25, 0.3) is 11.0 Å². The molecule has 0 N–H and O–H groups in total. The molecule has 1 aromatic heterocycles. The van der Waals surface area contributed by atoms with Crippen molar-refractivity contribution in [3.05, 3.63) is 64.0 Å². The van der Waals surface area contributed by atoms with Crippen LogP contribution < -0.4 is 14.9 Å². The van der Waals surface area contributed by atoms with Crippen molar-refractivity contribution in [1.82, 2.24) is 0 Å². The summed E-state index contributed by atoms with van der Waals surface area (Å²) in [6.07, 6.45) is 1.17. The van der Waals surface area contributed by atoms with Gasteiger partial charge in [0.1, 0.15) is 23.3 Å². The van der Waals surface area contributed by atoms with Gasteiger partial charge in [-0.25, -0.2) is 4.79 Å². The van der Waals surface area contributed by atoms with E-state index in [-0.39, 0.29) is 11.2 Å². The first kappa shape index (κ1) is 19.8. The van der Waals surface area contributed by atoms with E-state index in [0.29, 0.717) is 34.1 Å². The van der Waals surface area contributed by atoms with Crippen molar-refractivity contribution in [1.29, 1.82) is 0 Å². The molecule has 0 unspecified atom stereocenters. The maximum absolute atomic E-state index is 12.7. The van der Waals surface area contributed by atoms with E-state index in [1.807, 2.05) is 6.92 Å². The Labute approximate surface area is 166 Å². The summed E-state index contributed by atoms with van der Waals surface area (Å²) in [6, 6.07) is 11.5. The van der Waals surface area contributed by atoms with Gasteiger partial charge in [-0.05, 0) is 37.6 Å². The highest BCUT2D eigenvalue weighted by atomic mass is 35.5. The minimum Gasteiger partial charge on any atom is -0.479 e. The molecule has 0 aliphatic heterocycles. The molecule has 2 aromatic carbocycles. The largest absolute Gasteiger partial charge is 0.479 e. The number of rotatable bonds is 7. The second kappa shape index (κ2) is 8.80. The van der Waals surface area contributed by atoms with Gasteiger partial charge in [-0.1, -0.05) is 30.7 Å². The molecular weight excluding hydrogens is 384 g/mol. The highest BCUT2D eigenvalue weighted by molar-refractivity contribution is 6.32. The van der Waals surface area contributed by atoms with Crippen LogP contribution in [0.5, 0.6) is 17.2 Å². The first-order chi connectivity index (χ1) is 13.5. The van der Waals surface area contributed by atoms with E-state index in [9.17, 15) is 9.59 Å². The molecule has 1 atom stereocenters. The van der Waals surface area contributed by atoms with Gasteiger partial charge in [-0.3, -0.25) is 4.79 Å². The van der Waals surface area contributed by atoms with Gasteiger partial charge < -0.3 is 18.6 Å². The number of carbonyl (C=O) groups is 1. The maximum Gasteiger partial charge on any atom is 0.347 e. The van der Waals surface area contributed by atoms with Crippen LogP contribution in [-0.4, -0.2) is 18.7 Å². The van der Waals surface area contributed by atoms with Crippen LogP contribution in [0, 0.1) is 0 Å². The molecule has 3 rings (SSSR count). The molecule has 0 spiro atoms. The molecule has 6 nitrogen and oxygen atoms in total. The van der Waals surface area contributed by atoms with Crippen LogP contribution >= 0.6 is 11.6 Å². The highest BCUT2D eigenvalue weighted by Crippen LogP contribution is 2.29. The molecule has 0 saturated heterocycles. The van der Waals surface area contributed by atoms with Gasteiger partial charge in [-0.15, -0.1) is 0 Å². The van der Waals surface area contributed by atoms with E-state index >= 15 is 0 Å². The van der Waals surface area contributed by atoms with E-state index in [0.717, 1.165) is 6.42 Å². The summed E-state index contributed by atoms with van der Waals surface area (Å²) in [7, 11) is 0. The van der Waals surface area contributed by atoms with Gasteiger partial charge in [0.2, 0.25) is 11.2 Å². The fourth-order valence-electron chi connectivity index (χ4n) is 2.45. The Kier molecular flexibility index (Phi) is 6.21. The number of hydrogen-bond donors (Lipinski definition) is 0. The van der Waals surface area contributed by atoms with Crippen LogP contribution in [0.1, 0.15) is 20.3 Å². The smallest absolute Gasteiger partial charge is 0.347 e. The van der Waals surface area contributed by atoms with Crippen LogP contribution in [-0.2, 0) is 9.53 Å². The van der Waals surface area contributed by atoms with Crippen molar-refractivity contribution in [3.63, 3.8) is 0 Å². The number of hydrogen-bond acceptors (Lipinski definition) is 6. The first-order valence-electron chi connectivity index (χ1n) is 8.81. The maximum atomic E-state index is 12.7. The standard InChI is InChI=1S/C21H19ClO6/c1-3-10-25-21(24)13(2)27-14-8-9-15-18(11-14)26-12-19(20(15)23)28-17-7-5-4-6-16(17)22/h4-9,11-13H,3,10H2,1-2H3/t13-/m1/s1. The summed E-state index contributed by atoms with van der Waals surface area (Å²) in [5, 5.41) is 0.702. The number of ether oxygens (including phenoxy) is 3. The number of esters is 1. The Morgan fingerprint density at radius 1 is 1.18 bits per heavy atom. The molecule has 146 valence electrons. The summed E-state index contributed by atoms with van der Waals surface area (Å²) in [5.74, 6) is 0.309. The van der Waals surface area contributed by atoms with Gasteiger partial charge in [-0.2, -0.15) is 0 Å². The minimum atomic E-state index is -0.779. The molecule has 1 heterocycles. The lowest BCUT2D eigenvalue weighted by Gasteiger charge is -2.14. The third-order valence-corrected chi connectivity index (χ3v) is 4.18. The molecule has 0 fully saturated rings. The Morgan fingerprint density at radius 2 is 1.96 bits per heavy atom. The predicted octanol–water partition coefficient (Wildman–Crippen LogP) is 4.96. The zero-order valence-corrected chi connectivity index (χ0v) is 16.2. The topological polar surface area (TPSA) is 75.0 Å². The molecule has 0 radical (unpaired) electrons. The van der Waals surface area contributed by atoms with E-state index in [1.54, 1.807) is 49.4 Å². The number of carbonyl (C=O) groups excluding carboxylic acids is 1. The molecule has 28 heavy (non-hydrogen) atoms. The van der Waals surface area contributed by atoms with Crippen LogP contribution in [0.15, 0.2) is 57.9 Å². The van der Waals surface area contributed by atoms with Crippen molar-refractivity contribution in [2.45, 2.75) is 26.4 Å². The molecule has 0 amide bonds. The van der Waals surface area contributed by atoms with Gasteiger partial charge in [0.15, 0.2) is 6.10 Å². The molecule has 0 aliphatic carbocycles. The van der Waals surface area contributed by atoms with Crippen molar-refractivity contribution >= 4 is 28.5 Å². The van der Waals surface area contributed by atoms with Gasteiger partial charge >= 0.3 is 5.97 Å². The van der Waals surface area contributed by atoms with Crippen LogP contribution in [0.4, 0.5) is 0 Å². The van der Waals surface area contributed by atoms with Crippen LogP contribution in [0.3, 0.4) is 0 Å². The lowest BCUT2D eigenvalue weighted by molar-refractivity contribution is -0.151. The van der Waals surface area contributed by atoms with Gasteiger partial charge in [0, 0.05) is 6.07 Å². The minimum absolute atomic E-state index is 0.0192. The number of fused-ring (bicyclic) bond motifs is 1. The number of halogens is 1. The summed E-state index contributed by atoms with van der Waals surface area (Å²) < 4.78 is 21.7. The summed E-state index contributed by atoms with van der Waals surface area (Å²) in [5.41, 5.74) is -0.0359. The molecule has 7 heteroatoms. The number of benzene rings is 2. The second-order valence-corrected chi connectivity index (χ2v) is 6.45. The summed E-state index contributed by atoms with van der Waals surface area (Å²) >= 11 is 6.06. The fourth-order valence-corrected chi connectivity index (χ4v) is 2.63. The molecule has 0 saturated carbocycles. The van der Waals surface area contributed by atoms with E-state index in [4.69, 9.17) is 30.2 Å². The Hall–Kier alpha value is -2.99. The molecule has 0 aliphatic rings. The van der Waals surface area contributed by atoms with E-state index < -0.39 is 12.1 Å². The monoisotopic (exact) mass is 402 g/mol. The van der Waals surface area contributed by atoms with E-state index in [2.05, 4.69) is 0 Å². The van der Waals surface area contributed by atoms with Gasteiger partial charge in [0.05, 0.1) is 17.0 Å². The third-order valence-electron chi connectivity index (χ3n) is 3.86. The van der Waals surface area contributed by atoms with Gasteiger partial charge in [0.25, 0.3) is 0 Å². The lowest BCUT2D eigenvalue weighted by Crippen LogP contribution is -2.26. The lowest BCUT2D eigenvalue weighted by atomic mass is 10.2. The first-order valence-corrected chi connectivity index (χ1v) is 9.18. The Bertz CT molecular complexity index is 1040. The predicted molar refractivity (Wildman–Crippen MR) is 105 cm³/mol. The Balaban J connectivity index is 1.81. The second-order valence-electron chi connectivity index (χ2n) is 6.05. The highest BCUT2D eigenvalue weighted by Gasteiger charge is 2.17. The molecule has 0 bridgehead atoms. The van der Waals surface area contributed by atoms with E-state index in [1.165, 1.54) is 6.26 Å². The summed E-state index contributed by atoms with van der Waals surface area (Å²) in [4.78, 5) is 24.5. The molecule has 3 aromatic rings. The quantitative estimate of drug-likeness (QED) is 0.520. The Morgan fingerprint density at radius 3 is 2.71 bits per heavy atom. The average molecular weight is 403 g/mol. The van der Waals surface area contributed by atoms with Crippen molar-refractivity contribution in [2.75, 3.05) is 6.61 Å². The summed E-state index contributed by atoms with van der Waals surface area (Å²) in [6.45, 7) is 3.85. The normalized spacial score (nSPS) is 11.8. The number of para-hydroxylation sites is 1. The van der Waals surface area contributed by atoms with Crippen molar-refractivity contribution in [2.24, 2.45) is 0 Å². The molecular formula is C21H19ClO6. The van der Waals surface area contributed by atoms with Crippen LogP contribution in [0.2, 0.25) is 5.02 Å². The third kappa shape index (κ3) is 4.46. The zero-order chi connectivity index (χ0) is 20.1. The zero-order valence-electron chi connectivity index (χ0n) is 15.4. The fraction of sp³-hybridized carbons (Fsp3) is 0.238. The SMILES string of the molecule is CCCOC(=O)[C@@H](C)Oc1ccc2c(=O)c(Oc3ccccc3Cl)coc2c1. The van der Waals surface area contributed by atoms with Crippen molar-refractivity contribution in [3.8, 4) is 17.2 Å².